The Morgan fingerprint density at radius 2 is 1.39 bits per heavy atom. The van der Waals surface area contributed by atoms with Crippen LogP contribution in [-0.4, -0.2) is 46.8 Å². The van der Waals surface area contributed by atoms with Crippen molar-refractivity contribution < 1.29 is 24.0 Å². The van der Waals surface area contributed by atoms with Gasteiger partial charge in [0.15, 0.2) is 11.2 Å². The number of amides is 5. The Balaban J connectivity index is 6.87. The molecule has 10 nitrogen and oxygen atoms in total. The third-order valence-electron chi connectivity index (χ3n) is 6.52. The van der Waals surface area contributed by atoms with E-state index in [2.05, 4.69) is 21.3 Å². The minimum Gasteiger partial charge on any atom is -0.367 e. The van der Waals surface area contributed by atoms with Crippen molar-refractivity contribution in [3.05, 3.63) is 0 Å². The number of nitrogens with two attached hydrogens (primary N) is 1. The van der Waals surface area contributed by atoms with Crippen molar-refractivity contribution in [2.24, 2.45) is 23.5 Å². The zero-order chi connectivity index (χ0) is 28.3. The first-order chi connectivity index (χ1) is 16.6. The van der Waals surface area contributed by atoms with E-state index in [-0.39, 0.29) is 24.7 Å². The SMILES string of the molecule is CCCCCC(=O)NC(C)C(NC(=O)CC(C)C)(NC(=O)C(C)C)C(C)(NC(=O)C(C)CC)C(N)=O. The minimum atomic E-state index is -1.99. The fourth-order valence-electron chi connectivity index (χ4n) is 3.78. The first-order valence-corrected chi connectivity index (χ1v) is 13.1. The lowest BCUT2D eigenvalue weighted by atomic mass is 9.77. The van der Waals surface area contributed by atoms with Crippen molar-refractivity contribution >= 4 is 29.5 Å². The molecule has 0 fully saturated rings. The molecule has 5 amide bonds. The first kappa shape index (κ1) is 33.4. The maximum absolute atomic E-state index is 13.1. The lowest BCUT2D eigenvalue weighted by molar-refractivity contribution is -0.145. The van der Waals surface area contributed by atoms with Crippen LogP contribution in [0.5, 0.6) is 0 Å². The molecule has 4 unspecified atom stereocenters. The van der Waals surface area contributed by atoms with E-state index in [4.69, 9.17) is 5.73 Å². The summed E-state index contributed by atoms with van der Waals surface area (Å²) in [5.41, 5.74) is 1.94. The summed E-state index contributed by atoms with van der Waals surface area (Å²) in [7, 11) is 0. The van der Waals surface area contributed by atoms with Crippen molar-refractivity contribution in [3.63, 3.8) is 0 Å². The molecule has 10 heteroatoms. The van der Waals surface area contributed by atoms with Gasteiger partial charge in [-0.15, -0.1) is 0 Å². The van der Waals surface area contributed by atoms with Crippen LogP contribution in [-0.2, 0) is 24.0 Å². The van der Waals surface area contributed by atoms with Gasteiger partial charge in [0, 0.05) is 24.7 Å². The summed E-state index contributed by atoms with van der Waals surface area (Å²) >= 11 is 0. The molecular weight excluding hydrogens is 462 g/mol. The Morgan fingerprint density at radius 3 is 1.83 bits per heavy atom. The summed E-state index contributed by atoms with van der Waals surface area (Å²) in [5, 5.41) is 11.1. The van der Waals surface area contributed by atoms with Crippen molar-refractivity contribution in [3.8, 4) is 0 Å². The van der Waals surface area contributed by atoms with Crippen LogP contribution in [0.4, 0.5) is 0 Å². The summed E-state index contributed by atoms with van der Waals surface area (Å²) in [6.07, 6.45) is 3.28. The van der Waals surface area contributed by atoms with Gasteiger partial charge in [-0.25, -0.2) is 0 Å². The molecule has 208 valence electrons. The monoisotopic (exact) mass is 511 g/mol. The van der Waals surface area contributed by atoms with Crippen molar-refractivity contribution in [2.75, 3.05) is 0 Å². The summed E-state index contributed by atoms with van der Waals surface area (Å²) in [6.45, 7) is 15.5. The van der Waals surface area contributed by atoms with Crippen molar-refractivity contribution in [1.82, 2.24) is 21.3 Å². The molecule has 0 bridgehead atoms. The third-order valence-corrected chi connectivity index (χ3v) is 6.52. The van der Waals surface area contributed by atoms with Gasteiger partial charge < -0.3 is 27.0 Å². The van der Waals surface area contributed by atoms with E-state index >= 15 is 0 Å². The van der Waals surface area contributed by atoms with Gasteiger partial charge in [0.25, 0.3) is 0 Å². The number of nitrogens with one attached hydrogen (secondary N) is 4. The largest absolute Gasteiger partial charge is 0.367 e. The second-order valence-electron chi connectivity index (χ2n) is 10.6. The topological polar surface area (TPSA) is 159 Å². The highest BCUT2D eigenvalue weighted by Crippen LogP contribution is 2.27. The minimum absolute atomic E-state index is 0.0306. The Morgan fingerprint density at radius 1 is 0.806 bits per heavy atom. The maximum atomic E-state index is 13.1. The molecule has 6 N–H and O–H groups in total. The lowest BCUT2D eigenvalue weighted by Gasteiger charge is -2.51. The molecule has 0 spiro atoms. The molecule has 0 aliphatic heterocycles. The molecule has 0 aliphatic rings. The molecule has 4 atom stereocenters. The molecule has 0 radical (unpaired) electrons. The molecule has 0 aromatic heterocycles. The number of unbranched alkanes of at least 4 members (excludes halogenated alkanes) is 2. The van der Waals surface area contributed by atoms with E-state index in [1.54, 1.807) is 27.7 Å². The number of primary amides is 1. The molecule has 0 aromatic rings. The van der Waals surface area contributed by atoms with E-state index < -0.39 is 52.7 Å². The van der Waals surface area contributed by atoms with E-state index in [9.17, 15) is 24.0 Å². The first-order valence-electron chi connectivity index (χ1n) is 13.1. The Labute approximate surface area is 216 Å². The molecule has 0 aliphatic carbocycles. The molecule has 36 heavy (non-hydrogen) atoms. The van der Waals surface area contributed by atoms with Crippen LogP contribution in [0.15, 0.2) is 0 Å². The van der Waals surface area contributed by atoms with E-state index in [0.29, 0.717) is 12.8 Å². The average molecular weight is 512 g/mol. The quantitative estimate of drug-likeness (QED) is 0.158. The number of hydrogen-bond donors (Lipinski definition) is 5. The van der Waals surface area contributed by atoms with Gasteiger partial charge >= 0.3 is 0 Å². The van der Waals surface area contributed by atoms with Crippen LogP contribution in [0, 0.1) is 17.8 Å². The molecule has 0 aromatic carbocycles. The smallest absolute Gasteiger partial charge is 0.247 e. The van der Waals surface area contributed by atoms with E-state index in [1.807, 2.05) is 27.7 Å². The highest BCUT2D eigenvalue weighted by molar-refractivity contribution is 5.95. The predicted octanol–water partition coefficient (Wildman–Crippen LogP) is 2.11. The number of carbonyl (C=O) groups is 5. The van der Waals surface area contributed by atoms with E-state index in [0.717, 1.165) is 12.8 Å². The van der Waals surface area contributed by atoms with Crippen LogP contribution < -0.4 is 27.0 Å². The van der Waals surface area contributed by atoms with Crippen LogP contribution >= 0.6 is 0 Å². The summed E-state index contributed by atoms with van der Waals surface area (Å²) in [6, 6.07) is -1.01. The Kier molecular flexibility index (Phi) is 13.7. The van der Waals surface area contributed by atoms with Crippen LogP contribution in [0.25, 0.3) is 0 Å². The molecule has 0 saturated carbocycles. The highest BCUT2D eigenvalue weighted by atomic mass is 16.2. The summed E-state index contributed by atoms with van der Waals surface area (Å²) in [5.74, 6) is -3.73. The highest BCUT2D eigenvalue weighted by Gasteiger charge is 2.59. The van der Waals surface area contributed by atoms with E-state index in [1.165, 1.54) is 6.92 Å². The summed E-state index contributed by atoms with van der Waals surface area (Å²) in [4.78, 5) is 65.1. The van der Waals surface area contributed by atoms with Gasteiger partial charge in [0.05, 0.1) is 6.04 Å². The van der Waals surface area contributed by atoms with Gasteiger partial charge in [-0.1, -0.05) is 61.3 Å². The van der Waals surface area contributed by atoms with Crippen molar-refractivity contribution in [2.45, 2.75) is 118 Å². The molecular formula is C26H49N5O5. The van der Waals surface area contributed by atoms with Crippen LogP contribution in [0.1, 0.15) is 101 Å². The Bertz CT molecular complexity index is 785. The van der Waals surface area contributed by atoms with Crippen LogP contribution in [0.2, 0.25) is 0 Å². The number of hydrogen-bond acceptors (Lipinski definition) is 5. The standard InChI is InChI=1S/C26H49N5O5/c1-10-12-13-14-20(32)28-19(8)26(31-22(34)17(5)6,29-21(33)15-16(3)4)25(9,24(27)36)30-23(35)18(7)11-2/h16-19H,10-15H2,1-9H3,(H2,27,36)(H,28,32)(H,29,33)(H,30,35)(H,31,34). The average Bonchev–Trinajstić information content (AvgIpc) is 2.76. The second kappa shape index (κ2) is 14.8. The zero-order valence-corrected chi connectivity index (χ0v) is 23.7. The summed E-state index contributed by atoms with van der Waals surface area (Å²) < 4.78 is 0. The second-order valence-corrected chi connectivity index (χ2v) is 10.6. The van der Waals surface area contributed by atoms with Gasteiger partial charge in [0.1, 0.15) is 0 Å². The van der Waals surface area contributed by atoms with Crippen molar-refractivity contribution in [1.29, 1.82) is 0 Å². The maximum Gasteiger partial charge on any atom is 0.247 e. The van der Waals surface area contributed by atoms with Gasteiger partial charge in [0.2, 0.25) is 29.5 Å². The van der Waals surface area contributed by atoms with Gasteiger partial charge in [-0.3, -0.25) is 24.0 Å². The zero-order valence-electron chi connectivity index (χ0n) is 23.7. The fourth-order valence-corrected chi connectivity index (χ4v) is 3.78. The van der Waals surface area contributed by atoms with Gasteiger partial charge in [-0.05, 0) is 32.6 Å². The lowest BCUT2D eigenvalue weighted by Crippen LogP contribution is -2.86. The predicted molar refractivity (Wildman–Crippen MR) is 140 cm³/mol. The molecule has 0 heterocycles. The van der Waals surface area contributed by atoms with Crippen LogP contribution in [0.3, 0.4) is 0 Å². The number of rotatable bonds is 16. The van der Waals surface area contributed by atoms with Gasteiger partial charge in [-0.2, -0.15) is 0 Å². The molecule has 0 rings (SSSR count). The fraction of sp³-hybridized carbons (Fsp3) is 0.808. The third kappa shape index (κ3) is 9.09. The normalized spacial score (nSPS) is 16.3. The number of carbonyl (C=O) groups excluding carboxylic acids is 5. The Hall–Kier alpha value is -2.65. The molecule has 0 saturated heterocycles.